The van der Waals surface area contributed by atoms with E-state index < -0.39 is 0 Å². The molecule has 88 valence electrons. The minimum atomic E-state index is 0.253. The molecule has 0 aromatic heterocycles. The Morgan fingerprint density at radius 3 is 2.87 bits per heavy atom. The lowest BCUT2D eigenvalue weighted by molar-refractivity contribution is 0.193. The Labute approximate surface area is 90.7 Å². The number of amidine groups is 1. The van der Waals surface area contributed by atoms with Gasteiger partial charge in [0.25, 0.3) is 0 Å². The summed E-state index contributed by atoms with van der Waals surface area (Å²) >= 11 is 0. The number of nitrogens with zero attached hydrogens (tertiary/aromatic N) is 1. The van der Waals surface area contributed by atoms with E-state index in [1.807, 2.05) is 0 Å². The van der Waals surface area contributed by atoms with Crippen molar-refractivity contribution < 1.29 is 9.94 Å². The number of nitrogens with two attached hydrogens (primary N) is 1. The van der Waals surface area contributed by atoms with E-state index in [4.69, 9.17) is 15.7 Å². The van der Waals surface area contributed by atoms with Crippen LogP contribution in [0.3, 0.4) is 0 Å². The number of ether oxygens (including phenoxy) is 1. The van der Waals surface area contributed by atoms with Crippen molar-refractivity contribution in [1.29, 1.82) is 0 Å². The Hall–Kier alpha value is -0.810. The van der Waals surface area contributed by atoms with Crippen LogP contribution in [0.4, 0.5) is 0 Å². The SMILES string of the molecule is COCCCNCC1(CC(N)=NO)CC1. The second-order valence-electron chi connectivity index (χ2n) is 4.29. The molecule has 0 unspecified atom stereocenters. The van der Waals surface area contributed by atoms with Gasteiger partial charge in [0.1, 0.15) is 5.84 Å². The molecule has 0 aromatic rings. The van der Waals surface area contributed by atoms with E-state index in [-0.39, 0.29) is 5.41 Å². The van der Waals surface area contributed by atoms with Crippen LogP contribution < -0.4 is 11.1 Å². The lowest BCUT2D eigenvalue weighted by Gasteiger charge is -2.14. The molecule has 4 N–H and O–H groups in total. The first-order chi connectivity index (χ1) is 7.22. The average Bonchev–Trinajstić information content (AvgIpc) is 2.98. The molecule has 0 heterocycles. The van der Waals surface area contributed by atoms with Crippen LogP contribution in [-0.2, 0) is 4.74 Å². The topological polar surface area (TPSA) is 79.9 Å². The van der Waals surface area contributed by atoms with Crippen LogP contribution in [0.2, 0.25) is 0 Å². The van der Waals surface area contributed by atoms with Crippen molar-refractivity contribution in [2.24, 2.45) is 16.3 Å². The molecule has 0 aliphatic heterocycles. The molecule has 15 heavy (non-hydrogen) atoms. The van der Waals surface area contributed by atoms with Crippen molar-refractivity contribution in [1.82, 2.24) is 5.32 Å². The Kier molecular flexibility index (Phi) is 4.84. The van der Waals surface area contributed by atoms with Crippen LogP contribution in [0.5, 0.6) is 0 Å². The molecule has 1 rings (SSSR count). The molecule has 0 aromatic carbocycles. The highest BCUT2D eigenvalue weighted by atomic mass is 16.5. The molecule has 0 radical (unpaired) electrons. The molecule has 1 saturated carbocycles. The van der Waals surface area contributed by atoms with E-state index >= 15 is 0 Å². The first kappa shape index (κ1) is 12.3. The predicted octanol–water partition coefficient (Wildman–Crippen LogP) is 0.529. The summed E-state index contributed by atoms with van der Waals surface area (Å²) in [6, 6.07) is 0. The molecule has 1 aliphatic carbocycles. The predicted molar refractivity (Wildman–Crippen MR) is 59.1 cm³/mol. The van der Waals surface area contributed by atoms with Gasteiger partial charge in [-0.3, -0.25) is 0 Å². The molecule has 5 nitrogen and oxygen atoms in total. The van der Waals surface area contributed by atoms with Gasteiger partial charge in [-0.1, -0.05) is 5.16 Å². The van der Waals surface area contributed by atoms with Crippen molar-refractivity contribution in [2.45, 2.75) is 25.7 Å². The Balaban J connectivity index is 2.09. The fourth-order valence-corrected chi connectivity index (χ4v) is 1.71. The largest absolute Gasteiger partial charge is 0.409 e. The van der Waals surface area contributed by atoms with Crippen molar-refractivity contribution in [2.75, 3.05) is 26.8 Å². The number of hydrogen-bond acceptors (Lipinski definition) is 4. The summed E-state index contributed by atoms with van der Waals surface area (Å²) in [6.45, 7) is 2.71. The van der Waals surface area contributed by atoms with Gasteiger partial charge in [-0.15, -0.1) is 0 Å². The third kappa shape index (κ3) is 4.48. The summed E-state index contributed by atoms with van der Waals surface area (Å²) < 4.78 is 4.96. The van der Waals surface area contributed by atoms with Crippen LogP contribution in [0.25, 0.3) is 0 Å². The Morgan fingerprint density at radius 1 is 1.60 bits per heavy atom. The van der Waals surface area contributed by atoms with E-state index in [0.717, 1.165) is 26.1 Å². The van der Waals surface area contributed by atoms with E-state index in [1.165, 1.54) is 12.8 Å². The first-order valence-corrected chi connectivity index (χ1v) is 5.38. The molecule has 0 atom stereocenters. The molecule has 0 spiro atoms. The molecule has 0 bridgehead atoms. The van der Waals surface area contributed by atoms with Gasteiger partial charge in [0, 0.05) is 26.7 Å². The molecule has 0 saturated heterocycles. The van der Waals surface area contributed by atoms with Gasteiger partial charge >= 0.3 is 0 Å². The Bertz CT molecular complexity index is 215. The maximum absolute atomic E-state index is 8.49. The number of rotatable bonds is 8. The number of hydrogen-bond donors (Lipinski definition) is 3. The summed E-state index contributed by atoms with van der Waals surface area (Å²) in [6.07, 6.45) is 4.05. The van der Waals surface area contributed by atoms with E-state index in [1.54, 1.807) is 7.11 Å². The summed E-state index contributed by atoms with van der Waals surface area (Å²) in [5, 5.41) is 14.9. The zero-order valence-electron chi connectivity index (χ0n) is 9.33. The smallest absolute Gasteiger partial charge is 0.139 e. The molecule has 1 fully saturated rings. The quantitative estimate of drug-likeness (QED) is 0.181. The highest BCUT2D eigenvalue weighted by Gasteiger charge is 2.42. The standard InChI is InChI=1S/C10H21N3O2/c1-15-6-2-5-12-8-10(3-4-10)7-9(11)13-14/h12,14H,2-8H2,1H3,(H2,11,13). The van der Waals surface area contributed by atoms with Crippen LogP contribution in [0.15, 0.2) is 5.16 Å². The van der Waals surface area contributed by atoms with E-state index in [9.17, 15) is 0 Å². The molecular weight excluding hydrogens is 194 g/mol. The third-order valence-corrected chi connectivity index (χ3v) is 2.84. The van der Waals surface area contributed by atoms with Gasteiger partial charge in [-0.25, -0.2) is 0 Å². The molecule has 0 amide bonds. The zero-order valence-corrected chi connectivity index (χ0v) is 9.33. The van der Waals surface area contributed by atoms with Crippen molar-refractivity contribution >= 4 is 5.84 Å². The second kappa shape index (κ2) is 5.92. The minimum Gasteiger partial charge on any atom is -0.409 e. The summed E-state index contributed by atoms with van der Waals surface area (Å²) in [7, 11) is 1.71. The van der Waals surface area contributed by atoms with Gasteiger partial charge in [0.15, 0.2) is 0 Å². The number of nitrogens with one attached hydrogen (secondary N) is 1. The molecular formula is C10H21N3O2. The van der Waals surface area contributed by atoms with Crippen LogP contribution in [-0.4, -0.2) is 37.8 Å². The molecule has 5 heteroatoms. The van der Waals surface area contributed by atoms with E-state index in [0.29, 0.717) is 12.3 Å². The average molecular weight is 215 g/mol. The summed E-state index contributed by atoms with van der Waals surface area (Å²) in [5.74, 6) is 0.339. The number of methoxy groups -OCH3 is 1. The maximum atomic E-state index is 8.49. The maximum Gasteiger partial charge on any atom is 0.139 e. The highest BCUT2D eigenvalue weighted by Crippen LogP contribution is 2.48. The van der Waals surface area contributed by atoms with Gasteiger partial charge in [0.05, 0.1) is 0 Å². The van der Waals surface area contributed by atoms with Crippen molar-refractivity contribution in [3.05, 3.63) is 0 Å². The van der Waals surface area contributed by atoms with Crippen LogP contribution in [0, 0.1) is 5.41 Å². The summed E-state index contributed by atoms with van der Waals surface area (Å²) in [5.41, 5.74) is 5.76. The lowest BCUT2D eigenvalue weighted by atomic mass is 10.0. The monoisotopic (exact) mass is 215 g/mol. The molecule has 1 aliphatic rings. The number of oxime groups is 1. The second-order valence-corrected chi connectivity index (χ2v) is 4.29. The van der Waals surface area contributed by atoms with Gasteiger partial charge in [-0.2, -0.15) is 0 Å². The highest BCUT2D eigenvalue weighted by molar-refractivity contribution is 5.80. The normalized spacial score (nSPS) is 19.1. The van der Waals surface area contributed by atoms with Crippen molar-refractivity contribution in [3.8, 4) is 0 Å². The van der Waals surface area contributed by atoms with Crippen LogP contribution in [0.1, 0.15) is 25.7 Å². The lowest BCUT2D eigenvalue weighted by Crippen LogP contribution is -2.29. The summed E-state index contributed by atoms with van der Waals surface area (Å²) in [4.78, 5) is 0. The van der Waals surface area contributed by atoms with Gasteiger partial charge < -0.3 is 21.0 Å². The minimum absolute atomic E-state index is 0.253. The fourth-order valence-electron chi connectivity index (χ4n) is 1.71. The zero-order chi connectivity index (χ0) is 11.1. The third-order valence-electron chi connectivity index (χ3n) is 2.84. The first-order valence-electron chi connectivity index (χ1n) is 5.38. The fraction of sp³-hybridized carbons (Fsp3) is 0.900. The van der Waals surface area contributed by atoms with Crippen LogP contribution >= 0.6 is 0 Å². The van der Waals surface area contributed by atoms with Gasteiger partial charge in [-0.05, 0) is 31.2 Å². The Morgan fingerprint density at radius 2 is 2.33 bits per heavy atom. The van der Waals surface area contributed by atoms with Gasteiger partial charge in [0.2, 0.25) is 0 Å². The van der Waals surface area contributed by atoms with E-state index in [2.05, 4.69) is 10.5 Å². The van der Waals surface area contributed by atoms with Crippen molar-refractivity contribution in [3.63, 3.8) is 0 Å².